The normalized spacial score (nSPS) is 17.9. The van der Waals surface area contributed by atoms with Crippen LogP contribution in [0.1, 0.15) is 49.2 Å². The number of carbonyl (C=O) groups is 1. The zero-order chi connectivity index (χ0) is 23.8. The van der Waals surface area contributed by atoms with Gasteiger partial charge in [0.25, 0.3) is 5.56 Å². The molecule has 0 bridgehead atoms. The molecule has 2 aromatic heterocycles. The first-order chi connectivity index (χ1) is 16.4. The van der Waals surface area contributed by atoms with E-state index in [2.05, 4.69) is 12.2 Å². The van der Waals surface area contributed by atoms with Crippen molar-refractivity contribution in [1.82, 2.24) is 14.9 Å². The van der Waals surface area contributed by atoms with Gasteiger partial charge in [0, 0.05) is 11.4 Å². The maximum absolute atomic E-state index is 13.3. The summed E-state index contributed by atoms with van der Waals surface area (Å²) >= 11 is 2.96. The van der Waals surface area contributed by atoms with E-state index < -0.39 is 0 Å². The smallest absolute Gasteiger partial charge is 0.263 e. The minimum Gasteiger partial charge on any atom is -0.486 e. The van der Waals surface area contributed by atoms with Gasteiger partial charge in [-0.2, -0.15) is 0 Å². The quantitative estimate of drug-likeness (QED) is 0.401. The van der Waals surface area contributed by atoms with Crippen LogP contribution in [0.4, 0.5) is 0 Å². The van der Waals surface area contributed by atoms with Crippen molar-refractivity contribution >= 4 is 39.2 Å². The van der Waals surface area contributed by atoms with Gasteiger partial charge in [0.05, 0.1) is 17.2 Å². The molecule has 180 valence electrons. The molecule has 34 heavy (non-hydrogen) atoms. The van der Waals surface area contributed by atoms with E-state index in [9.17, 15) is 9.59 Å². The number of amides is 1. The van der Waals surface area contributed by atoms with Crippen LogP contribution in [0.15, 0.2) is 28.2 Å². The third-order valence-corrected chi connectivity index (χ3v) is 8.60. The fraction of sp³-hybridized carbons (Fsp3) is 0.480. The molecule has 0 fully saturated rings. The maximum atomic E-state index is 13.3. The van der Waals surface area contributed by atoms with Crippen molar-refractivity contribution in [2.24, 2.45) is 5.92 Å². The summed E-state index contributed by atoms with van der Waals surface area (Å²) in [6.45, 7) is 7.75. The number of nitrogens with zero attached hydrogens (tertiary/aromatic N) is 2. The molecule has 5 rings (SSSR count). The Morgan fingerprint density at radius 1 is 1.32 bits per heavy atom. The SMILES string of the molecule is CCn1c(SCC(=O)NC(C)c2ccc3c(c2)OCCO3)nc2sc3c(c2c1=O)CCC(C)C3. The Hall–Kier alpha value is -2.52. The summed E-state index contributed by atoms with van der Waals surface area (Å²) in [6.07, 6.45) is 3.08. The lowest BCUT2D eigenvalue weighted by Crippen LogP contribution is -2.29. The highest BCUT2D eigenvalue weighted by molar-refractivity contribution is 7.99. The molecule has 3 aromatic rings. The molecule has 0 radical (unpaired) electrons. The van der Waals surface area contributed by atoms with Crippen molar-refractivity contribution in [3.63, 3.8) is 0 Å². The topological polar surface area (TPSA) is 82.5 Å². The van der Waals surface area contributed by atoms with E-state index in [0.717, 1.165) is 40.8 Å². The van der Waals surface area contributed by atoms with Gasteiger partial charge in [-0.15, -0.1) is 11.3 Å². The van der Waals surface area contributed by atoms with Gasteiger partial charge in [0.2, 0.25) is 5.91 Å². The second kappa shape index (κ2) is 9.62. The summed E-state index contributed by atoms with van der Waals surface area (Å²) in [5, 5.41) is 4.43. The predicted octanol–water partition coefficient (Wildman–Crippen LogP) is 4.34. The second-order valence-corrected chi connectivity index (χ2v) is 11.0. The van der Waals surface area contributed by atoms with Gasteiger partial charge in [-0.3, -0.25) is 14.2 Å². The van der Waals surface area contributed by atoms with Crippen molar-refractivity contribution in [3.05, 3.63) is 44.6 Å². The molecule has 9 heteroatoms. The summed E-state index contributed by atoms with van der Waals surface area (Å²) in [6, 6.07) is 5.55. The Balaban J connectivity index is 1.30. The third-order valence-electron chi connectivity index (χ3n) is 6.47. The molecule has 7 nitrogen and oxygen atoms in total. The summed E-state index contributed by atoms with van der Waals surface area (Å²) in [4.78, 5) is 33.0. The van der Waals surface area contributed by atoms with Crippen molar-refractivity contribution in [2.75, 3.05) is 19.0 Å². The second-order valence-electron chi connectivity index (χ2n) is 8.96. The average Bonchev–Trinajstić information content (AvgIpc) is 3.20. The molecular formula is C25H29N3O4S2. The van der Waals surface area contributed by atoms with Gasteiger partial charge in [-0.25, -0.2) is 4.98 Å². The number of rotatable bonds is 6. The number of hydrogen-bond donors (Lipinski definition) is 1. The van der Waals surface area contributed by atoms with Gasteiger partial charge >= 0.3 is 0 Å². The number of thioether (sulfide) groups is 1. The molecule has 3 heterocycles. The van der Waals surface area contributed by atoms with Crippen LogP contribution < -0.4 is 20.3 Å². The lowest BCUT2D eigenvalue weighted by molar-refractivity contribution is -0.119. The fourth-order valence-corrected chi connectivity index (χ4v) is 6.92. The molecular weight excluding hydrogens is 470 g/mol. The Kier molecular flexibility index (Phi) is 6.57. The number of ether oxygens (including phenoxy) is 2. The highest BCUT2D eigenvalue weighted by Crippen LogP contribution is 2.37. The number of aromatic nitrogens is 2. The minimum atomic E-state index is -0.182. The summed E-state index contributed by atoms with van der Waals surface area (Å²) in [7, 11) is 0. The first-order valence-corrected chi connectivity index (χ1v) is 13.6. The molecule has 0 saturated heterocycles. The molecule has 1 amide bonds. The van der Waals surface area contributed by atoms with Crippen LogP contribution in [0.5, 0.6) is 11.5 Å². The highest BCUT2D eigenvalue weighted by atomic mass is 32.2. The Morgan fingerprint density at radius 2 is 2.12 bits per heavy atom. The standard InChI is InChI=1S/C25H29N3O4S2/c1-4-28-24(30)22-17-7-5-14(2)11-20(17)34-23(22)27-25(28)33-13-21(29)26-15(3)16-6-8-18-19(12-16)32-10-9-31-18/h6,8,12,14-15H,4-5,7,9-11,13H2,1-3H3,(H,26,29). The molecule has 1 aromatic carbocycles. The molecule has 0 saturated carbocycles. The third kappa shape index (κ3) is 4.43. The number of carbonyl (C=O) groups excluding carboxylic acids is 1. The fourth-order valence-electron chi connectivity index (χ4n) is 4.62. The van der Waals surface area contributed by atoms with E-state index in [1.54, 1.807) is 15.9 Å². The molecule has 2 atom stereocenters. The van der Waals surface area contributed by atoms with Crippen LogP contribution in [0.25, 0.3) is 10.2 Å². The van der Waals surface area contributed by atoms with Gasteiger partial charge < -0.3 is 14.8 Å². The zero-order valence-corrected chi connectivity index (χ0v) is 21.3. The van der Waals surface area contributed by atoms with Crippen molar-refractivity contribution in [3.8, 4) is 11.5 Å². The highest BCUT2D eigenvalue weighted by Gasteiger charge is 2.25. The van der Waals surface area contributed by atoms with E-state index in [1.807, 2.05) is 32.0 Å². The van der Waals surface area contributed by atoms with Crippen LogP contribution in [-0.2, 0) is 24.2 Å². The van der Waals surface area contributed by atoms with Gasteiger partial charge in [-0.05, 0) is 62.3 Å². The minimum absolute atomic E-state index is 0.0205. The first kappa shape index (κ1) is 23.2. The lowest BCUT2D eigenvalue weighted by atomic mass is 9.89. The average molecular weight is 500 g/mol. The van der Waals surface area contributed by atoms with Gasteiger partial charge in [0.1, 0.15) is 18.0 Å². The first-order valence-electron chi connectivity index (χ1n) is 11.8. The Bertz CT molecular complexity index is 1300. The van der Waals surface area contributed by atoms with Crippen LogP contribution in [0.3, 0.4) is 0 Å². The van der Waals surface area contributed by atoms with Gasteiger partial charge in [-0.1, -0.05) is 24.8 Å². The zero-order valence-electron chi connectivity index (χ0n) is 19.7. The Morgan fingerprint density at radius 3 is 2.91 bits per heavy atom. The summed E-state index contributed by atoms with van der Waals surface area (Å²) in [5.74, 6) is 2.16. The lowest BCUT2D eigenvalue weighted by Gasteiger charge is -2.21. The molecule has 1 aliphatic carbocycles. The van der Waals surface area contributed by atoms with Crippen LogP contribution in [0.2, 0.25) is 0 Å². The monoisotopic (exact) mass is 499 g/mol. The summed E-state index contributed by atoms with van der Waals surface area (Å²) in [5.41, 5.74) is 2.17. The molecule has 2 aliphatic rings. The van der Waals surface area contributed by atoms with Crippen LogP contribution in [-0.4, -0.2) is 34.4 Å². The number of fused-ring (bicyclic) bond motifs is 4. The van der Waals surface area contributed by atoms with Crippen molar-refractivity contribution < 1.29 is 14.3 Å². The Labute approximate surface area is 206 Å². The number of nitrogens with one attached hydrogen (secondary N) is 1. The molecule has 1 N–H and O–H groups in total. The van der Waals surface area contributed by atoms with E-state index >= 15 is 0 Å². The van der Waals surface area contributed by atoms with Crippen LogP contribution in [0, 0.1) is 5.92 Å². The van der Waals surface area contributed by atoms with E-state index in [-0.39, 0.29) is 23.3 Å². The predicted molar refractivity (Wildman–Crippen MR) is 135 cm³/mol. The van der Waals surface area contributed by atoms with E-state index in [4.69, 9.17) is 14.5 Å². The van der Waals surface area contributed by atoms with Crippen LogP contribution >= 0.6 is 23.1 Å². The largest absolute Gasteiger partial charge is 0.486 e. The van der Waals surface area contributed by atoms with E-state index in [0.29, 0.717) is 36.6 Å². The van der Waals surface area contributed by atoms with Crippen molar-refractivity contribution in [2.45, 2.75) is 57.8 Å². The molecule has 2 unspecified atom stereocenters. The number of thiophene rings is 1. The van der Waals surface area contributed by atoms with Crippen molar-refractivity contribution in [1.29, 1.82) is 0 Å². The van der Waals surface area contributed by atoms with Gasteiger partial charge in [0.15, 0.2) is 16.7 Å². The molecule has 0 spiro atoms. The summed E-state index contributed by atoms with van der Waals surface area (Å²) < 4.78 is 12.9. The number of aryl methyl sites for hydroxylation is 1. The maximum Gasteiger partial charge on any atom is 0.263 e. The number of hydrogen-bond acceptors (Lipinski definition) is 7. The van der Waals surface area contributed by atoms with E-state index in [1.165, 1.54) is 22.2 Å². The molecule has 1 aliphatic heterocycles. The number of benzene rings is 1.